The molecule has 1 amide bonds. The molecule has 1 aromatic heterocycles. The van der Waals surface area contributed by atoms with Crippen LogP contribution in [-0.2, 0) is 17.8 Å². The largest absolute Gasteiger partial charge is 0.508 e. The van der Waals surface area contributed by atoms with Crippen molar-refractivity contribution in [2.45, 2.75) is 26.3 Å². The zero-order valence-corrected chi connectivity index (χ0v) is 11.3. The van der Waals surface area contributed by atoms with Crippen LogP contribution >= 0.6 is 0 Å². The first-order valence-corrected chi connectivity index (χ1v) is 6.74. The molecule has 1 aromatic carbocycles. The van der Waals surface area contributed by atoms with Gasteiger partial charge in [-0.25, -0.2) is 4.98 Å². The monoisotopic (exact) mass is 271 g/mol. The standard InChI is InChI=1S/C15H17N3O2/c1-10-8-12(19)2-3-13(10)17-15(20)11-4-6-18-7-5-16-14(18)9-11/h2-3,5,7-8,11,19H,4,6,9H2,1H3,(H,17,20). The predicted molar refractivity (Wildman–Crippen MR) is 75.5 cm³/mol. The maximum Gasteiger partial charge on any atom is 0.228 e. The van der Waals surface area contributed by atoms with Gasteiger partial charge in [0.15, 0.2) is 0 Å². The van der Waals surface area contributed by atoms with E-state index in [0.29, 0.717) is 6.42 Å². The van der Waals surface area contributed by atoms with Crippen LogP contribution in [0.1, 0.15) is 17.8 Å². The molecule has 0 aliphatic carbocycles. The van der Waals surface area contributed by atoms with E-state index in [2.05, 4.69) is 14.9 Å². The van der Waals surface area contributed by atoms with Crippen LogP contribution in [-0.4, -0.2) is 20.6 Å². The maximum absolute atomic E-state index is 12.3. The fourth-order valence-corrected chi connectivity index (χ4v) is 2.60. The summed E-state index contributed by atoms with van der Waals surface area (Å²) in [5, 5.41) is 12.3. The van der Waals surface area contributed by atoms with Gasteiger partial charge in [-0.05, 0) is 37.1 Å². The number of nitrogens with zero attached hydrogens (tertiary/aromatic N) is 2. The number of aryl methyl sites for hydroxylation is 2. The van der Waals surface area contributed by atoms with Crippen molar-refractivity contribution >= 4 is 11.6 Å². The molecule has 2 aromatic rings. The molecule has 20 heavy (non-hydrogen) atoms. The Balaban J connectivity index is 1.71. The quantitative estimate of drug-likeness (QED) is 0.822. The third kappa shape index (κ3) is 2.39. The zero-order chi connectivity index (χ0) is 14.1. The van der Waals surface area contributed by atoms with Gasteiger partial charge in [0.2, 0.25) is 5.91 Å². The first-order chi connectivity index (χ1) is 9.63. The highest BCUT2D eigenvalue weighted by atomic mass is 16.3. The molecule has 1 atom stereocenters. The molecular weight excluding hydrogens is 254 g/mol. The topological polar surface area (TPSA) is 67.2 Å². The molecule has 0 spiro atoms. The van der Waals surface area contributed by atoms with E-state index < -0.39 is 0 Å². The number of hydrogen-bond donors (Lipinski definition) is 2. The van der Waals surface area contributed by atoms with Gasteiger partial charge in [-0.1, -0.05) is 0 Å². The normalized spacial score (nSPS) is 17.6. The number of nitrogens with one attached hydrogen (secondary N) is 1. The van der Waals surface area contributed by atoms with Crippen molar-refractivity contribution in [2.24, 2.45) is 5.92 Å². The van der Waals surface area contributed by atoms with Gasteiger partial charge in [-0.2, -0.15) is 0 Å². The van der Waals surface area contributed by atoms with Gasteiger partial charge < -0.3 is 15.0 Å². The molecule has 1 aliphatic heterocycles. The van der Waals surface area contributed by atoms with Crippen LogP contribution in [0, 0.1) is 12.8 Å². The molecule has 0 radical (unpaired) electrons. The van der Waals surface area contributed by atoms with E-state index in [1.807, 2.05) is 13.1 Å². The summed E-state index contributed by atoms with van der Waals surface area (Å²) >= 11 is 0. The number of phenols is 1. The van der Waals surface area contributed by atoms with Crippen LogP contribution in [0.2, 0.25) is 0 Å². The van der Waals surface area contributed by atoms with Crippen LogP contribution in [0.15, 0.2) is 30.6 Å². The molecule has 1 unspecified atom stereocenters. The highest BCUT2D eigenvalue weighted by Gasteiger charge is 2.25. The van der Waals surface area contributed by atoms with E-state index in [9.17, 15) is 9.90 Å². The van der Waals surface area contributed by atoms with Gasteiger partial charge in [-0.15, -0.1) is 0 Å². The SMILES string of the molecule is Cc1cc(O)ccc1NC(=O)C1CCn2ccnc2C1. The van der Waals surface area contributed by atoms with Crippen LogP contribution in [0.4, 0.5) is 5.69 Å². The Morgan fingerprint density at radius 3 is 3.15 bits per heavy atom. The first kappa shape index (κ1) is 12.7. The second-order valence-corrected chi connectivity index (χ2v) is 5.22. The van der Waals surface area contributed by atoms with Gasteiger partial charge >= 0.3 is 0 Å². The molecule has 104 valence electrons. The molecule has 2 N–H and O–H groups in total. The molecule has 5 nitrogen and oxygen atoms in total. The molecule has 2 heterocycles. The summed E-state index contributed by atoms with van der Waals surface area (Å²) in [5.74, 6) is 1.16. The van der Waals surface area contributed by atoms with Crippen molar-refractivity contribution in [1.82, 2.24) is 9.55 Å². The lowest BCUT2D eigenvalue weighted by Gasteiger charge is -2.23. The number of anilines is 1. The minimum Gasteiger partial charge on any atom is -0.508 e. The number of phenolic OH excluding ortho intramolecular Hbond substituents is 1. The molecule has 5 heteroatoms. The summed E-state index contributed by atoms with van der Waals surface area (Å²) in [5.41, 5.74) is 1.61. The Hall–Kier alpha value is -2.30. The fraction of sp³-hybridized carbons (Fsp3) is 0.333. The van der Waals surface area contributed by atoms with Crippen LogP contribution in [0.25, 0.3) is 0 Å². The lowest BCUT2D eigenvalue weighted by molar-refractivity contribution is -0.120. The smallest absolute Gasteiger partial charge is 0.228 e. The third-order valence-corrected chi connectivity index (χ3v) is 3.79. The third-order valence-electron chi connectivity index (χ3n) is 3.79. The molecule has 0 saturated carbocycles. The van der Waals surface area contributed by atoms with Gasteiger partial charge in [0.05, 0.1) is 0 Å². The maximum atomic E-state index is 12.3. The lowest BCUT2D eigenvalue weighted by atomic mass is 9.96. The van der Waals surface area contributed by atoms with E-state index in [0.717, 1.165) is 30.0 Å². The van der Waals surface area contributed by atoms with Crippen molar-refractivity contribution in [3.8, 4) is 5.75 Å². The van der Waals surface area contributed by atoms with Gasteiger partial charge in [0.1, 0.15) is 11.6 Å². The highest BCUT2D eigenvalue weighted by Crippen LogP contribution is 2.24. The Bertz CT molecular complexity index is 648. The minimum absolute atomic E-state index is 0.0213. The number of fused-ring (bicyclic) bond motifs is 1. The second-order valence-electron chi connectivity index (χ2n) is 5.22. The van der Waals surface area contributed by atoms with Crippen molar-refractivity contribution in [3.63, 3.8) is 0 Å². The van der Waals surface area contributed by atoms with Crippen LogP contribution in [0.5, 0.6) is 5.75 Å². The number of aromatic nitrogens is 2. The van der Waals surface area contributed by atoms with Crippen LogP contribution in [0.3, 0.4) is 0 Å². The molecule has 1 aliphatic rings. The summed E-state index contributed by atoms with van der Waals surface area (Å²) < 4.78 is 2.09. The molecular formula is C15H17N3O2. The summed E-state index contributed by atoms with van der Waals surface area (Å²) in [7, 11) is 0. The van der Waals surface area contributed by atoms with Crippen molar-refractivity contribution in [1.29, 1.82) is 0 Å². The van der Waals surface area contributed by atoms with E-state index in [-0.39, 0.29) is 17.6 Å². The number of amides is 1. The number of carbonyl (C=O) groups is 1. The highest BCUT2D eigenvalue weighted by molar-refractivity contribution is 5.93. The van der Waals surface area contributed by atoms with Gasteiger partial charge in [0, 0.05) is 37.0 Å². The Morgan fingerprint density at radius 2 is 2.35 bits per heavy atom. The summed E-state index contributed by atoms with van der Waals surface area (Å²) in [6.45, 7) is 2.70. The van der Waals surface area contributed by atoms with E-state index in [1.165, 1.54) is 0 Å². The minimum atomic E-state index is -0.0434. The summed E-state index contributed by atoms with van der Waals surface area (Å²) in [4.78, 5) is 16.6. The lowest BCUT2D eigenvalue weighted by Crippen LogP contribution is -2.30. The number of aromatic hydroxyl groups is 1. The van der Waals surface area contributed by atoms with Crippen molar-refractivity contribution < 1.29 is 9.90 Å². The molecule has 3 rings (SSSR count). The van der Waals surface area contributed by atoms with E-state index in [4.69, 9.17) is 0 Å². The van der Waals surface area contributed by atoms with Gasteiger partial charge in [0.25, 0.3) is 0 Å². The number of carbonyl (C=O) groups excluding carboxylic acids is 1. The van der Waals surface area contributed by atoms with Crippen LogP contribution < -0.4 is 5.32 Å². The van der Waals surface area contributed by atoms with E-state index in [1.54, 1.807) is 24.4 Å². The van der Waals surface area contributed by atoms with Crippen molar-refractivity contribution in [2.75, 3.05) is 5.32 Å². The number of imidazole rings is 1. The first-order valence-electron chi connectivity index (χ1n) is 6.74. The predicted octanol–water partition coefficient (Wildman–Crippen LogP) is 2.10. The average Bonchev–Trinajstić information content (AvgIpc) is 2.89. The Morgan fingerprint density at radius 1 is 1.50 bits per heavy atom. The summed E-state index contributed by atoms with van der Waals surface area (Å²) in [6.07, 6.45) is 5.23. The number of benzene rings is 1. The van der Waals surface area contributed by atoms with E-state index >= 15 is 0 Å². The summed E-state index contributed by atoms with van der Waals surface area (Å²) in [6, 6.07) is 4.95. The van der Waals surface area contributed by atoms with Gasteiger partial charge in [-0.3, -0.25) is 4.79 Å². The average molecular weight is 271 g/mol. The Kier molecular flexibility index (Phi) is 3.18. The second kappa shape index (κ2) is 5.00. The number of hydrogen-bond acceptors (Lipinski definition) is 3. The van der Waals surface area contributed by atoms with Crippen molar-refractivity contribution in [3.05, 3.63) is 42.0 Å². The number of rotatable bonds is 2. The molecule has 0 fully saturated rings. The Labute approximate surface area is 117 Å². The molecule has 0 bridgehead atoms. The molecule has 0 saturated heterocycles. The fourth-order valence-electron chi connectivity index (χ4n) is 2.60. The zero-order valence-electron chi connectivity index (χ0n) is 11.3.